The van der Waals surface area contributed by atoms with E-state index in [0.29, 0.717) is 0 Å². The van der Waals surface area contributed by atoms with Gasteiger partial charge in [-0.1, -0.05) is 38.8 Å². The van der Waals surface area contributed by atoms with Crippen molar-refractivity contribution in [3.8, 4) is 0 Å². The maximum absolute atomic E-state index is 2.39. The largest absolute Gasteiger partial charge is 0.0856 e. The van der Waals surface area contributed by atoms with E-state index in [2.05, 4.69) is 19.9 Å². The molecule has 0 aliphatic heterocycles. The van der Waals surface area contributed by atoms with Gasteiger partial charge >= 0.3 is 0 Å². The Labute approximate surface area is 71.7 Å². The number of hydrogen-bond donors (Lipinski definition) is 0. The summed E-state index contributed by atoms with van der Waals surface area (Å²) in [7, 11) is 0. The van der Waals surface area contributed by atoms with Crippen molar-refractivity contribution in [3.05, 3.63) is 11.6 Å². The fourth-order valence-electron chi connectivity index (χ4n) is 1.55. The normalized spacial score (nSPS) is 24.4. The van der Waals surface area contributed by atoms with Gasteiger partial charge in [-0.05, 0) is 32.1 Å². The number of allylic oxidation sites excluding steroid dienone is 2. The van der Waals surface area contributed by atoms with Crippen LogP contribution in [0.25, 0.3) is 0 Å². The summed E-state index contributed by atoms with van der Waals surface area (Å²) in [6, 6.07) is 0. The second-order valence-electron chi connectivity index (χ2n) is 3.29. The summed E-state index contributed by atoms with van der Waals surface area (Å²) in [4.78, 5) is 0. The predicted molar refractivity (Wildman–Crippen MR) is 52.7 cm³/mol. The highest BCUT2D eigenvalue weighted by molar-refractivity contribution is 5.00. The van der Waals surface area contributed by atoms with Gasteiger partial charge in [0.25, 0.3) is 0 Å². The van der Waals surface area contributed by atoms with Crippen LogP contribution in [0.15, 0.2) is 11.6 Å². The van der Waals surface area contributed by atoms with Crippen molar-refractivity contribution >= 4 is 0 Å². The van der Waals surface area contributed by atoms with E-state index < -0.39 is 0 Å². The molecular weight excluding hydrogens is 132 g/mol. The fraction of sp³-hybridized carbons (Fsp3) is 0.818. The second kappa shape index (κ2) is 6.45. The standard InChI is InChI=1S/C9H16.C2H6/c1-8-5-3-4-6-9(2)7-8;1-2/h5,9H,3-4,6-7H2,1-2H3;1-2H3. The first-order chi connectivity index (χ1) is 5.29. The molecule has 0 radical (unpaired) electrons. The Hall–Kier alpha value is -0.260. The monoisotopic (exact) mass is 154 g/mol. The molecule has 0 saturated carbocycles. The van der Waals surface area contributed by atoms with Gasteiger partial charge in [0, 0.05) is 0 Å². The van der Waals surface area contributed by atoms with Gasteiger partial charge in [-0.3, -0.25) is 0 Å². The van der Waals surface area contributed by atoms with Crippen LogP contribution in [0.2, 0.25) is 0 Å². The van der Waals surface area contributed by atoms with Crippen molar-refractivity contribution in [1.82, 2.24) is 0 Å². The van der Waals surface area contributed by atoms with Gasteiger partial charge in [0.1, 0.15) is 0 Å². The summed E-state index contributed by atoms with van der Waals surface area (Å²) in [6.45, 7) is 8.60. The highest BCUT2D eigenvalue weighted by Gasteiger charge is 2.05. The molecule has 0 aromatic carbocycles. The maximum Gasteiger partial charge on any atom is -0.0297 e. The summed E-state index contributed by atoms with van der Waals surface area (Å²) in [5, 5.41) is 0. The van der Waals surface area contributed by atoms with Crippen LogP contribution in [0, 0.1) is 5.92 Å². The molecule has 0 aromatic rings. The number of rotatable bonds is 0. The fourth-order valence-corrected chi connectivity index (χ4v) is 1.55. The highest BCUT2D eigenvalue weighted by atomic mass is 14.1. The van der Waals surface area contributed by atoms with Crippen molar-refractivity contribution in [2.45, 2.75) is 53.4 Å². The van der Waals surface area contributed by atoms with Crippen molar-refractivity contribution in [2.75, 3.05) is 0 Å². The third-order valence-corrected chi connectivity index (χ3v) is 2.06. The smallest absolute Gasteiger partial charge is 0.0297 e. The Balaban J connectivity index is 0.000000461. The molecule has 11 heavy (non-hydrogen) atoms. The third-order valence-electron chi connectivity index (χ3n) is 2.06. The van der Waals surface area contributed by atoms with E-state index in [0.717, 1.165) is 5.92 Å². The van der Waals surface area contributed by atoms with Gasteiger partial charge in [-0.2, -0.15) is 0 Å². The van der Waals surface area contributed by atoms with E-state index in [1.54, 1.807) is 5.57 Å². The van der Waals surface area contributed by atoms with Crippen LogP contribution >= 0.6 is 0 Å². The van der Waals surface area contributed by atoms with Crippen LogP contribution < -0.4 is 0 Å². The maximum atomic E-state index is 2.39. The summed E-state index contributed by atoms with van der Waals surface area (Å²) in [6.07, 6.45) is 7.87. The van der Waals surface area contributed by atoms with Gasteiger partial charge in [0.2, 0.25) is 0 Å². The molecule has 0 heterocycles. The van der Waals surface area contributed by atoms with Crippen LogP contribution in [-0.2, 0) is 0 Å². The lowest BCUT2D eigenvalue weighted by molar-refractivity contribution is 0.524. The third kappa shape index (κ3) is 5.06. The van der Waals surface area contributed by atoms with E-state index in [1.807, 2.05) is 13.8 Å². The summed E-state index contributed by atoms with van der Waals surface area (Å²) < 4.78 is 0. The topological polar surface area (TPSA) is 0 Å². The second-order valence-corrected chi connectivity index (χ2v) is 3.29. The van der Waals surface area contributed by atoms with Crippen molar-refractivity contribution in [2.24, 2.45) is 5.92 Å². The molecule has 66 valence electrons. The quantitative estimate of drug-likeness (QED) is 0.459. The molecule has 0 fully saturated rings. The lowest BCUT2D eigenvalue weighted by atomic mass is 10.0. The van der Waals surface area contributed by atoms with Crippen LogP contribution in [0.3, 0.4) is 0 Å². The van der Waals surface area contributed by atoms with Gasteiger partial charge in [0.05, 0.1) is 0 Å². The van der Waals surface area contributed by atoms with E-state index in [9.17, 15) is 0 Å². The van der Waals surface area contributed by atoms with Gasteiger partial charge in [-0.25, -0.2) is 0 Å². The molecule has 1 rings (SSSR count). The predicted octanol–water partition coefficient (Wildman–Crippen LogP) is 4.17. The lowest BCUT2D eigenvalue weighted by Crippen LogP contribution is -1.91. The Morgan fingerprint density at radius 1 is 1.36 bits per heavy atom. The molecule has 0 amide bonds. The zero-order valence-electron chi connectivity index (χ0n) is 8.48. The van der Waals surface area contributed by atoms with Gasteiger partial charge in [0.15, 0.2) is 0 Å². The van der Waals surface area contributed by atoms with E-state index >= 15 is 0 Å². The molecule has 0 spiro atoms. The first-order valence-electron chi connectivity index (χ1n) is 4.94. The first kappa shape index (κ1) is 10.7. The van der Waals surface area contributed by atoms with E-state index in [1.165, 1.54) is 25.7 Å². The van der Waals surface area contributed by atoms with Crippen LogP contribution in [0.4, 0.5) is 0 Å². The first-order valence-corrected chi connectivity index (χ1v) is 4.94. The van der Waals surface area contributed by atoms with Crippen molar-refractivity contribution in [1.29, 1.82) is 0 Å². The zero-order valence-corrected chi connectivity index (χ0v) is 8.48. The molecule has 1 aliphatic rings. The van der Waals surface area contributed by atoms with E-state index in [-0.39, 0.29) is 0 Å². The summed E-state index contributed by atoms with van der Waals surface area (Å²) >= 11 is 0. The summed E-state index contributed by atoms with van der Waals surface area (Å²) in [5.74, 6) is 0.934. The van der Waals surface area contributed by atoms with Crippen molar-refractivity contribution in [3.63, 3.8) is 0 Å². The van der Waals surface area contributed by atoms with Crippen LogP contribution in [-0.4, -0.2) is 0 Å². The van der Waals surface area contributed by atoms with Gasteiger partial charge in [-0.15, -0.1) is 0 Å². The lowest BCUT2D eigenvalue weighted by Gasteiger charge is -2.05. The molecule has 1 unspecified atom stereocenters. The average molecular weight is 154 g/mol. The SMILES string of the molecule is CC.CC1=CCCCC(C)C1. The van der Waals surface area contributed by atoms with Gasteiger partial charge < -0.3 is 0 Å². The molecule has 0 heteroatoms. The molecule has 0 N–H and O–H groups in total. The highest BCUT2D eigenvalue weighted by Crippen LogP contribution is 2.21. The minimum Gasteiger partial charge on any atom is -0.0856 e. The Bertz CT molecular complexity index is 111. The summed E-state index contributed by atoms with van der Waals surface area (Å²) in [5.41, 5.74) is 1.60. The molecular formula is C11H22. The van der Waals surface area contributed by atoms with Crippen molar-refractivity contribution < 1.29 is 0 Å². The molecule has 1 aliphatic carbocycles. The Morgan fingerprint density at radius 2 is 2.00 bits per heavy atom. The molecule has 0 aromatic heterocycles. The minimum absolute atomic E-state index is 0.934. The Morgan fingerprint density at radius 3 is 2.64 bits per heavy atom. The van der Waals surface area contributed by atoms with Crippen LogP contribution in [0.1, 0.15) is 53.4 Å². The molecule has 0 bridgehead atoms. The average Bonchev–Trinajstić information content (AvgIpc) is 2.18. The minimum atomic E-state index is 0.934. The molecule has 1 atom stereocenters. The zero-order chi connectivity index (χ0) is 8.69. The number of hydrogen-bond acceptors (Lipinski definition) is 0. The van der Waals surface area contributed by atoms with E-state index in [4.69, 9.17) is 0 Å². The Kier molecular flexibility index (Phi) is 6.30. The molecule has 0 saturated heterocycles. The van der Waals surface area contributed by atoms with Crippen LogP contribution in [0.5, 0.6) is 0 Å². The molecule has 0 nitrogen and oxygen atoms in total.